The lowest BCUT2D eigenvalue weighted by Crippen LogP contribution is -2.45. The fourth-order valence-corrected chi connectivity index (χ4v) is 2.03. The van der Waals surface area contributed by atoms with E-state index in [0.29, 0.717) is 0 Å². The number of nitrogens with zero attached hydrogens (tertiary/aromatic N) is 4. The first-order valence-electron chi connectivity index (χ1n) is 6.29. The van der Waals surface area contributed by atoms with E-state index in [-0.39, 0.29) is 18.5 Å². The minimum Gasteiger partial charge on any atom is -0.481 e. The third-order valence-corrected chi connectivity index (χ3v) is 3.26. The predicted octanol–water partition coefficient (Wildman–Crippen LogP) is -0.530. The van der Waals surface area contributed by atoms with Gasteiger partial charge in [0, 0.05) is 32.2 Å². The van der Waals surface area contributed by atoms with E-state index in [1.807, 2.05) is 0 Å². The van der Waals surface area contributed by atoms with Crippen LogP contribution in [0, 0.1) is 0 Å². The maximum Gasteiger partial charge on any atom is 0.305 e. The largest absolute Gasteiger partial charge is 0.481 e. The van der Waals surface area contributed by atoms with Crippen molar-refractivity contribution in [3.63, 3.8) is 0 Å². The van der Waals surface area contributed by atoms with E-state index in [9.17, 15) is 9.59 Å². The lowest BCUT2D eigenvalue weighted by atomic mass is 10.3. The molecule has 104 valence electrons. The summed E-state index contributed by atoms with van der Waals surface area (Å²) in [5.74, 6) is -0.933. The van der Waals surface area contributed by atoms with Gasteiger partial charge in [-0.3, -0.25) is 9.59 Å². The van der Waals surface area contributed by atoms with Gasteiger partial charge in [0.15, 0.2) is 0 Å². The first-order chi connectivity index (χ1) is 9.06. The molecule has 1 N–H and O–H groups in total. The number of hydrogen-bond acceptors (Lipinski definition) is 5. The van der Waals surface area contributed by atoms with Crippen molar-refractivity contribution in [2.45, 2.75) is 13.0 Å². The Balaban J connectivity index is 2.06. The van der Waals surface area contributed by atoms with Gasteiger partial charge in [-0.05, 0) is 7.05 Å². The Kier molecular flexibility index (Phi) is 4.16. The smallest absolute Gasteiger partial charge is 0.305 e. The Hall–Kier alpha value is -1.89. The first kappa shape index (κ1) is 13.5. The van der Waals surface area contributed by atoms with E-state index in [1.165, 1.54) is 10.7 Å². The number of hydrogen-bond donors (Lipinski definition) is 1. The Morgan fingerprint density at radius 1 is 1.37 bits per heavy atom. The van der Waals surface area contributed by atoms with Crippen LogP contribution in [0.5, 0.6) is 0 Å². The maximum atomic E-state index is 11.8. The monoisotopic (exact) mass is 266 g/mol. The van der Waals surface area contributed by atoms with Crippen LogP contribution in [0.3, 0.4) is 0 Å². The molecule has 0 spiro atoms. The minimum atomic E-state index is -0.933. The van der Waals surface area contributed by atoms with Gasteiger partial charge in [-0.1, -0.05) is 0 Å². The number of carboxylic acids is 1. The summed E-state index contributed by atoms with van der Waals surface area (Å²) >= 11 is 0. The molecule has 7 heteroatoms. The highest BCUT2D eigenvalue weighted by Gasteiger charge is 2.15. The van der Waals surface area contributed by atoms with Crippen molar-refractivity contribution in [3.8, 4) is 0 Å². The van der Waals surface area contributed by atoms with Crippen LogP contribution in [0.15, 0.2) is 17.1 Å². The van der Waals surface area contributed by atoms with E-state index < -0.39 is 5.97 Å². The van der Waals surface area contributed by atoms with Crippen molar-refractivity contribution in [1.29, 1.82) is 0 Å². The normalized spacial score (nSPS) is 16.6. The Labute approximate surface area is 111 Å². The number of aromatic nitrogens is 2. The van der Waals surface area contributed by atoms with Crippen molar-refractivity contribution in [2.24, 2.45) is 0 Å². The molecule has 1 aliphatic rings. The van der Waals surface area contributed by atoms with Crippen molar-refractivity contribution in [3.05, 3.63) is 22.6 Å². The summed E-state index contributed by atoms with van der Waals surface area (Å²) < 4.78 is 1.19. The fourth-order valence-electron chi connectivity index (χ4n) is 2.03. The maximum absolute atomic E-state index is 11.8. The van der Waals surface area contributed by atoms with Gasteiger partial charge in [-0.25, -0.2) is 4.68 Å². The summed E-state index contributed by atoms with van der Waals surface area (Å²) in [4.78, 5) is 26.7. The van der Waals surface area contributed by atoms with Crippen LogP contribution in [0.1, 0.15) is 6.42 Å². The average molecular weight is 266 g/mol. The van der Waals surface area contributed by atoms with Gasteiger partial charge in [0.2, 0.25) is 0 Å². The second-order valence-electron chi connectivity index (χ2n) is 4.71. The number of rotatable bonds is 4. The molecule has 1 fully saturated rings. The van der Waals surface area contributed by atoms with Gasteiger partial charge in [-0.15, -0.1) is 0 Å². The molecule has 0 atom stereocenters. The molecule has 0 aliphatic carbocycles. The van der Waals surface area contributed by atoms with Crippen molar-refractivity contribution < 1.29 is 9.90 Å². The molecule has 19 heavy (non-hydrogen) atoms. The molecular formula is C12H18N4O3. The van der Waals surface area contributed by atoms with Gasteiger partial charge in [-0.2, -0.15) is 5.10 Å². The predicted molar refractivity (Wildman–Crippen MR) is 70.5 cm³/mol. The molecule has 2 rings (SSSR count). The van der Waals surface area contributed by atoms with Crippen molar-refractivity contribution in [2.75, 3.05) is 38.1 Å². The lowest BCUT2D eigenvalue weighted by molar-refractivity contribution is -0.137. The zero-order valence-electron chi connectivity index (χ0n) is 10.9. The summed E-state index contributed by atoms with van der Waals surface area (Å²) in [6.07, 6.45) is 1.54. The molecule has 0 saturated carbocycles. The molecule has 1 saturated heterocycles. The number of anilines is 1. The van der Waals surface area contributed by atoms with E-state index in [2.05, 4.69) is 21.9 Å². The fraction of sp³-hybridized carbons (Fsp3) is 0.583. The topological polar surface area (TPSA) is 78.7 Å². The van der Waals surface area contributed by atoms with Crippen LogP contribution in [0.25, 0.3) is 0 Å². The van der Waals surface area contributed by atoms with E-state index >= 15 is 0 Å². The molecule has 1 aliphatic heterocycles. The zero-order chi connectivity index (χ0) is 13.8. The molecule has 0 aromatic carbocycles. The standard InChI is InChI=1S/C12H18N4O3/c1-14-4-6-15(7-5-14)10-8-11(17)16(13-9-10)3-2-12(18)19/h8-9H,2-7H2,1H3,(H,18,19). The van der Waals surface area contributed by atoms with Crippen LogP contribution in [-0.4, -0.2) is 59.0 Å². The number of carbonyl (C=O) groups is 1. The Morgan fingerprint density at radius 2 is 2.05 bits per heavy atom. The van der Waals surface area contributed by atoms with Crippen LogP contribution >= 0.6 is 0 Å². The second kappa shape index (κ2) is 5.83. The number of aliphatic carboxylic acids is 1. The first-order valence-corrected chi connectivity index (χ1v) is 6.29. The third-order valence-electron chi connectivity index (χ3n) is 3.26. The molecule has 0 radical (unpaired) electrons. The van der Waals surface area contributed by atoms with Gasteiger partial charge in [0.25, 0.3) is 5.56 Å². The van der Waals surface area contributed by atoms with Crippen LogP contribution in [0.4, 0.5) is 5.69 Å². The highest BCUT2D eigenvalue weighted by Crippen LogP contribution is 2.11. The van der Waals surface area contributed by atoms with Crippen LogP contribution in [-0.2, 0) is 11.3 Å². The number of piperazine rings is 1. The summed E-state index contributed by atoms with van der Waals surface area (Å²) in [7, 11) is 2.07. The van der Waals surface area contributed by atoms with Gasteiger partial charge >= 0.3 is 5.97 Å². The molecule has 2 heterocycles. The van der Waals surface area contributed by atoms with Crippen LogP contribution in [0.2, 0.25) is 0 Å². The molecule has 1 aromatic heterocycles. The summed E-state index contributed by atoms with van der Waals surface area (Å²) in [6, 6.07) is 1.53. The lowest BCUT2D eigenvalue weighted by Gasteiger charge is -2.33. The summed E-state index contributed by atoms with van der Waals surface area (Å²) in [5.41, 5.74) is 0.558. The number of aryl methyl sites for hydroxylation is 1. The molecule has 0 unspecified atom stereocenters. The second-order valence-corrected chi connectivity index (χ2v) is 4.71. The summed E-state index contributed by atoms with van der Waals surface area (Å²) in [5, 5.41) is 12.6. The van der Waals surface area contributed by atoms with Crippen molar-refractivity contribution in [1.82, 2.24) is 14.7 Å². The SMILES string of the molecule is CN1CCN(c2cnn(CCC(=O)O)c(=O)c2)CC1. The zero-order valence-corrected chi connectivity index (χ0v) is 10.9. The quantitative estimate of drug-likeness (QED) is 0.789. The molecule has 0 bridgehead atoms. The molecule has 7 nitrogen and oxygen atoms in total. The highest BCUT2D eigenvalue weighted by molar-refractivity contribution is 5.66. The highest BCUT2D eigenvalue weighted by atomic mass is 16.4. The van der Waals surface area contributed by atoms with Gasteiger partial charge in [0.1, 0.15) is 0 Å². The Bertz CT molecular complexity index is 506. The van der Waals surface area contributed by atoms with Crippen molar-refractivity contribution >= 4 is 11.7 Å². The van der Waals surface area contributed by atoms with E-state index in [0.717, 1.165) is 31.9 Å². The van der Waals surface area contributed by atoms with E-state index in [1.54, 1.807) is 6.20 Å². The number of carboxylic acid groups (broad SMARTS) is 1. The average Bonchev–Trinajstić information content (AvgIpc) is 2.38. The van der Waals surface area contributed by atoms with Crippen LogP contribution < -0.4 is 10.5 Å². The Morgan fingerprint density at radius 3 is 2.63 bits per heavy atom. The van der Waals surface area contributed by atoms with E-state index in [4.69, 9.17) is 5.11 Å². The van der Waals surface area contributed by atoms with Gasteiger partial charge in [0.05, 0.1) is 24.8 Å². The number of likely N-dealkylation sites (N-methyl/N-ethyl adjacent to an activating group) is 1. The molecular weight excluding hydrogens is 248 g/mol. The van der Waals surface area contributed by atoms with Gasteiger partial charge < -0.3 is 14.9 Å². The molecule has 1 aromatic rings. The minimum absolute atomic E-state index is 0.0965. The molecule has 0 amide bonds. The summed E-state index contributed by atoms with van der Waals surface area (Å²) in [6.45, 7) is 3.77. The third kappa shape index (κ3) is 3.54.